The summed E-state index contributed by atoms with van der Waals surface area (Å²) in [6.07, 6.45) is -1.58. The van der Waals surface area contributed by atoms with Crippen LogP contribution in [0.15, 0.2) is 30.3 Å². The third-order valence-electron chi connectivity index (χ3n) is 2.95. The molecule has 1 aromatic rings. The Kier molecular flexibility index (Phi) is 4.18. The smallest absolute Gasteiger partial charge is 0.408 e. The minimum Gasteiger partial charge on any atom is -0.444 e. The fourth-order valence-electron chi connectivity index (χ4n) is 1.94. The second-order valence-electron chi connectivity index (χ2n) is 5.98. The highest BCUT2D eigenvalue weighted by molar-refractivity contribution is 5.68. The molecule has 1 N–H and O–H groups in total. The highest BCUT2D eigenvalue weighted by Crippen LogP contribution is 2.37. The molecule has 1 aromatic carbocycles. The zero-order valence-corrected chi connectivity index (χ0v) is 12.2. The number of hydrogen-bond acceptors (Lipinski definition) is 3. The first-order valence-corrected chi connectivity index (χ1v) is 6.74. The second-order valence-corrected chi connectivity index (χ2v) is 5.98. The molecule has 1 heterocycles. The van der Waals surface area contributed by atoms with Gasteiger partial charge in [-0.25, -0.2) is 4.79 Å². The molecule has 0 aromatic heterocycles. The highest BCUT2D eigenvalue weighted by Gasteiger charge is 2.52. The van der Waals surface area contributed by atoms with E-state index in [1.807, 2.05) is 0 Å². The van der Waals surface area contributed by atoms with E-state index in [1.165, 1.54) is 24.3 Å². The van der Waals surface area contributed by atoms with E-state index in [0.717, 1.165) is 0 Å². The first-order chi connectivity index (χ1) is 9.70. The first-order valence-electron chi connectivity index (χ1n) is 6.74. The van der Waals surface area contributed by atoms with E-state index in [9.17, 15) is 13.6 Å². The maximum atomic E-state index is 14.6. The van der Waals surface area contributed by atoms with Crippen molar-refractivity contribution in [2.75, 3.05) is 6.61 Å². The number of ether oxygens (including phenoxy) is 2. The van der Waals surface area contributed by atoms with Crippen LogP contribution in [0.25, 0.3) is 0 Å². The summed E-state index contributed by atoms with van der Waals surface area (Å²) in [5.41, 5.74) is -0.914. The topological polar surface area (TPSA) is 50.9 Å². The molecule has 2 rings (SSSR count). The molecule has 0 aliphatic carbocycles. The minimum atomic E-state index is -3.24. The molecule has 1 aliphatic heterocycles. The molecule has 116 valence electrons. The van der Waals surface area contributed by atoms with Crippen LogP contribution in [0.1, 0.15) is 26.3 Å². The molecular formula is C15H19F2NO3. The van der Waals surface area contributed by atoms with Crippen molar-refractivity contribution in [3.63, 3.8) is 0 Å². The van der Waals surface area contributed by atoms with Crippen LogP contribution in [0.2, 0.25) is 0 Å². The van der Waals surface area contributed by atoms with Gasteiger partial charge in [0.05, 0.1) is 6.61 Å². The quantitative estimate of drug-likeness (QED) is 0.869. The van der Waals surface area contributed by atoms with Crippen molar-refractivity contribution in [2.24, 2.45) is 0 Å². The summed E-state index contributed by atoms with van der Waals surface area (Å²) in [4.78, 5) is 11.8. The first kappa shape index (κ1) is 15.7. The number of carbonyl (C=O) groups is 1. The van der Waals surface area contributed by atoms with Crippen LogP contribution in [0.5, 0.6) is 0 Å². The Labute approximate surface area is 122 Å². The van der Waals surface area contributed by atoms with E-state index in [1.54, 1.807) is 26.8 Å². The zero-order valence-electron chi connectivity index (χ0n) is 12.2. The van der Waals surface area contributed by atoms with Crippen molar-refractivity contribution in [3.05, 3.63) is 35.9 Å². The molecule has 0 bridgehead atoms. The van der Waals surface area contributed by atoms with E-state index in [-0.39, 0.29) is 12.2 Å². The fraction of sp³-hybridized carbons (Fsp3) is 0.533. The van der Waals surface area contributed by atoms with Crippen molar-refractivity contribution >= 4 is 6.09 Å². The van der Waals surface area contributed by atoms with Gasteiger partial charge in [0.25, 0.3) is 5.92 Å². The van der Waals surface area contributed by atoms with Gasteiger partial charge in [0.1, 0.15) is 17.7 Å². The third kappa shape index (κ3) is 4.14. The number of amides is 1. The van der Waals surface area contributed by atoms with Crippen LogP contribution in [-0.4, -0.2) is 30.4 Å². The van der Waals surface area contributed by atoms with Gasteiger partial charge in [0, 0.05) is 5.56 Å². The van der Waals surface area contributed by atoms with Gasteiger partial charge < -0.3 is 14.8 Å². The third-order valence-corrected chi connectivity index (χ3v) is 2.95. The normalized spacial score (nSPS) is 19.8. The highest BCUT2D eigenvalue weighted by atomic mass is 19.3. The molecule has 1 saturated heterocycles. The molecule has 21 heavy (non-hydrogen) atoms. The van der Waals surface area contributed by atoms with E-state index in [2.05, 4.69) is 5.32 Å². The van der Waals surface area contributed by atoms with Crippen LogP contribution >= 0.6 is 0 Å². The lowest BCUT2D eigenvalue weighted by Gasteiger charge is -2.28. The van der Waals surface area contributed by atoms with Gasteiger partial charge >= 0.3 is 6.09 Å². The molecule has 1 aliphatic rings. The molecule has 0 radical (unpaired) electrons. The number of rotatable bonds is 4. The molecule has 0 saturated carbocycles. The molecular weight excluding hydrogens is 280 g/mol. The SMILES string of the molecule is CC(C)(C)OC(=O)N[C@@H]([C@@H]1CO1)C(F)(F)c1ccccc1. The van der Waals surface area contributed by atoms with Gasteiger partial charge in [-0.1, -0.05) is 30.3 Å². The largest absolute Gasteiger partial charge is 0.444 e. The summed E-state index contributed by atoms with van der Waals surface area (Å²) in [6.45, 7) is 5.21. The molecule has 6 heteroatoms. The maximum Gasteiger partial charge on any atom is 0.408 e. The van der Waals surface area contributed by atoms with Crippen molar-refractivity contribution < 1.29 is 23.0 Å². The monoisotopic (exact) mass is 299 g/mol. The van der Waals surface area contributed by atoms with Crippen LogP contribution < -0.4 is 5.32 Å². The number of hydrogen-bond donors (Lipinski definition) is 1. The Morgan fingerprint density at radius 3 is 2.38 bits per heavy atom. The second kappa shape index (κ2) is 5.60. The summed E-state index contributed by atoms with van der Waals surface area (Å²) in [6, 6.07) is 5.92. The van der Waals surface area contributed by atoms with Crippen molar-refractivity contribution in [3.8, 4) is 0 Å². The van der Waals surface area contributed by atoms with Gasteiger partial charge in [-0.05, 0) is 20.8 Å². The van der Waals surface area contributed by atoms with Crippen LogP contribution in [0.4, 0.5) is 13.6 Å². The lowest BCUT2D eigenvalue weighted by Crippen LogP contribution is -2.50. The van der Waals surface area contributed by atoms with Crippen molar-refractivity contribution in [2.45, 2.75) is 44.4 Å². The molecule has 4 nitrogen and oxygen atoms in total. The van der Waals surface area contributed by atoms with Crippen molar-refractivity contribution in [1.29, 1.82) is 0 Å². The summed E-state index contributed by atoms with van der Waals surface area (Å²) >= 11 is 0. The van der Waals surface area contributed by atoms with E-state index in [0.29, 0.717) is 0 Å². The van der Waals surface area contributed by atoms with Gasteiger partial charge in [-0.15, -0.1) is 0 Å². The van der Waals surface area contributed by atoms with E-state index in [4.69, 9.17) is 9.47 Å². The zero-order chi connectivity index (χ0) is 15.7. The van der Waals surface area contributed by atoms with Gasteiger partial charge in [-0.2, -0.15) is 8.78 Å². The molecule has 1 amide bonds. The van der Waals surface area contributed by atoms with Gasteiger partial charge in [0.15, 0.2) is 0 Å². The number of alkyl carbamates (subject to hydrolysis) is 1. The average molecular weight is 299 g/mol. The standard InChI is InChI=1S/C15H19F2NO3/c1-14(2,3)21-13(19)18-12(11-9-20-11)15(16,17)10-7-5-4-6-8-10/h4-8,11-12H,9H2,1-3H3,(H,18,19)/t11-,12-/m0/s1. The van der Waals surface area contributed by atoms with Crippen LogP contribution in [-0.2, 0) is 15.4 Å². The van der Waals surface area contributed by atoms with E-state index < -0.39 is 29.8 Å². The number of carbonyl (C=O) groups excluding carboxylic acids is 1. The predicted molar refractivity (Wildman–Crippen MR) is 73.2 cm³/mol. The van der Waals surface area contributed by atoms with Crippen LogP contribution in [0.3, 0.4) is 0 Å². The Morgan fingerprint density at radius 2 is 1.90 bits per heavy atom. The summed E-state index contributed by atoms with van der Waals surface area (Å²) in [5, 5.41) is 2.24. The Morgan fingerprint density at radius 1 is 1.33 bits per heavy atom. The molecule has 2 atom stereocenters. The lowest BCUT2D eigenvalue weighted by atomic mass is 9.99. The van der Waals surface area contributed by atoms with Gasteiger partial charge in [0.2, 0.25) is 0 Å². The summed E-state index contributed by atoms with van der Waals surface area (Å²) in [5.74, 6) is -3.24. The minimum absolute atomic E-state index is 0.165. The fourth-order valence-corrected chi connectivity index (χ4v) is 1.94. The number of halogens is 2. The predicted octanol–water partition coefficient (Wildman–Crippen LogP) is 3.07. The number of benzene rings is 1. The summed E-state index contributed by atoms with van der Waals surface area (Å²) < 4.78 is 39.1. The number of alkyl halides is 2. The number of epoxide rings is 1. The Hall–Kier alpha value is -1.69. The van der Waals surface area contributed by atoms with Gasteiger partial charge in [-0.3, -0.25) is 0 Å². The average Bonchev–Trinajstić information content (AvgIpc) is 3.19. The Bertz CT molecular complexity index is 495. The molecule has 0 unspecified atom stereocenters. The molecule has 0 spiro atoms. The lowest BCUT2D eigenvalue weighted by molar-refractivity contribution is -0.0542. The van der Waals surface area contributed by atoms with Crippen molar-refractivity contribution in [1.82, 2.24) is 5.32 Å². The number of nitrogens with one attached hydrogen (secondary N) is 1. The Balaban J connectivity index is 2.14. The maximum absolute atomic E-state index is 14.6. The van der Waals surface area contributed by atoms with E-state index >= 15 is 0 Å². The molecule has 1 fully saturated rings. The summed E-state index contributed by atoms with van der Waals surface area (Å²) in [7, 11) is 0. The van der Waals surface area contributed by atoms with Crippen LogP contribution in [0, 0.1) is 0 Å².